The van der Waals surface area contributed by atoms with Crippen molar-refractivity contribution in [1.29, 1.82) is 0 Å². The van der Waals surface area contributed by atoms with Gasteiger partial charge >= 0.3 is 0 Å². The Hall–Kier alpha value is 0.170. The molecule has 1 aliphatic rings. The molecule has 0 saturated carbocycles. The van der Waals surface area contributed by atoms with Gasteiger partial charge in [-0.05, 0) is 19.4 Å². The summed E-state index contributed by atoms with van der Waals surface area (Å²) in [6.07, 6.45) is 3.60. The van der Waals surface area contributed by atoms with Crippen LogP contribution < -0.4 is 0 Å². The maximum atomic E-state index is 9.16. The van der Waals surface area contributed by atoms with E-state index in [1.165, 1.54) is 12.8 Å². The minimum absolute atomic E-state index is 0.273. The zero-order valence-electron chi connectivity index (χ0n) is 8.62. The van der Waals surface area contributed by atoms with Gasteiger partial charge in [-0.1, -0.05) is 6.42 Å². The second kappa shape index (κ2) is 7.46. The molecule has 1 saturated heterocycles. The monoisotopic (exact) mass is 221 g/mol. The first-order chi connectivity index (χ1) is 6.88. The van der Waals surface area contributed by atoms with E-state index in [0.717, 1.165) is 26.1 Å². The predicted octanol–water partition coefficient (Wildman–Crippen LogP) is 1.09. The van der Waals surface area contributed by atoms with E-state index in [1.807, 2.05) is 0 Å². The van der Waals surface area contributed by atoms with Crippen molar-refractivity contribution in [1.82, 2.24) is 4.90 Å². The Balaban J connectivity index is 2.13. The minimum atomic E-state index is 0.273. The van der Waals surface area contributed by atoms with Gasteiger partial charge in [-0.15, -0.1) is 11.6 Å². The topological polar surface area (TPSA) is 32.7 Å². The van der Waals surface area contributed by atoms with Crippen LogP contribution in [0.4, 0.5) is 0 Å². The van der Waals surface area contributed by atoms with Gasteiger partial charge in [-0.25, -0.2) is 0 Å². The van der Waals surface area contributed by atoms with Crippen LogP contribution >= 0.6 is 11.6 Å². The van der Waals surface area contributed by atoms with Gasteiger partial charge in [0.25, 0.3) is 0 Å². The van der Waals surface area contributed by atoms with Gasteiger partial charge in [0.05, 0.1) is 19.8 Å². The number of hydrogen-bond acceptors (Lipinski definition) is 3. The quantitative estimate of drug-likeness (QED) is 0.539. The van der Waals surface area contributed by atoms with Crippen LogP contribution in [0, 0.1) is 0 Å². The van der Waals surface area contributed by atoms with Crippen molar-refractivity contribution >= 4 is 11.6 Å². The Kier molecular flexibility index (Phi) is 6.52. The maximum absolute atomic E-state index is 9.16. The van der Waals surface area contributed by atoms with E-state index in [4.69, 9.17) is 21.4 Å². The molecule has 14 heavy (non-hydrogen) atoms. The normalized spacial score (nSPS) is 24.0. The second-order valence-corrected chi connectivity index (χ2v) is 4.05. The molecule has 1 N–H and O–H groups in total. The van der Waals surface area contributed by atoms with Gasteiger partial charge in [0.2, 0.25) is 0 Å². The highest BCUT2D eigenvalue weighted by atomic mass is 35.5. The summed E-state index contributed by atoms with van der Waals surface area (Å²) in [6.45, 7) is 3.63. The Bertz CT molecular complexity index is 146. The van der Waals surface area contributed by atoms with Crippen molar-refractivity contribution in [2.75, 3.05) is 38.8 Å². The van der Waals surface area contributed by atoms with E-state index in [-0.39, 0.29) is 6.61 Å². The first kappa shape index (κ1) is 12.2. The number of halogens is 1. The number of nitrogens with zero attached hydrogens (tertiary/aromatic N) is 1. The summed E-state index contributed by atoms with van der Waals surface area (Å²) in [4.78, 5) is 2.32. The maximum Gasteiger partial charge on any atom is 0.0602 e. The summed E-state index contributed by atoms with van der Waals surface area (Å²) in [6, 6.07) is 0.350. The Labute approximate surface area is 91.0 Å². The average Bonchev–Trinajstić information content (AvgIpc) is 2.25. The molecule has 0 spiro atoms. The summed E-state index contributed by atoms with van der Waals surface area (Å²) < 4.78 is 5.32. The zero-order chi connectivity index (χ0) is 10.2. The fourth-order valence-electron chi connectivity index (χ4n) is 1.90. The van der Waals surface area contributed by atoms with Crippen LogP contribution in [0.25, 0.3) is 0 Å². The number of aliphatic hydroxyl groups is 1. The number of alkyl halides is 1. The lowest BCUT2D eigenvalue weighted by molar-refractivity contribution is 0.0530. The van der Waals surface area contributed by atoms with Crippen molar-refractivity contribution in [2.45, 2.75) is 25.3 Å². The molecule has 84 valence electrons. The summed E-state index contributed by atoms with van der Waals surface area (Å²) in [5.41, 5.74) is 0. The SMILES string of the molecule is OCC1CCCCN1CCOCCCl. The highest BCUT2D eigenvalue weighted by molar-refractivity contribution is 6.17. The van der Waals surface area contributed by atoms with Crippen LogP contribution in [-0.4, -0.2) is 54.8 Å². The Morgan fingerprint density at radius 1 is 1.36 bits per heavy atom. The first-order valence-corrected chi connectivity index (χ1v) is 5.90. The van der Waals surface area contributed by atoms with E-state index in [2.05, 4.69) is 4.90 Å². The third-order valence-corrected chi connectivity index (χ3v) is 2.86. The van der Waals surface area contributed by atoms with E-state index < -0.39 is 0 Å². The van der Waals surface area contributed by atoms with Crippen LogP contribution in [-0.2, 0) is 4.74 Å². The van der Waals surface area contributed by atoms with Crippen molar-refractivity contribution in [3.8, 4) is 0 Å². The Morgan fingerprint density at radius 3 is 2.93 bits per heavy atom. The highest BCUT2D eigenvalue weighted by Gasteiger charge is 2.20. The zero-order valence-corrected chi connectivity index (χ0v) is 9.38. The van der Waals surface area contributed by atoms with Gasteiger partial charge in [-0.2, -0.15) is 0 Å². The molecule has 0 bridgehead atoms. The molecule has 0 aromatic rings. The summed E-state index contributed by atoms with van der Waals surface area (Å²) in [5.74, 6) is 0.559. The lowest BCUT2D eigenvalue weighted by atomic mass is 10.0. The van der Waals surface area contributed by atoms with Gasteiger partial charge in [-0.3, -0.25) is 4.90 Å². The first-order valence-electron chi connectivity index (χ1n) is 5.37. The smallest absolute Gasteiger partial charge is 0.0602 e. The average molecular weight is 222 g/mol. The molecule has 1 heterocycles. The molecular formula is C10H20ClNO2. The van der Waals surface area contributed by atoms with E-state index in [1.54, 1.807) is 0 Å². The third kappa shape index (κ3) is 4.13. The largest absolute Gasteiger partial charge is 0.395 e. The van der Waals surface area contributed by atoms with Crippen LogP contribution in [0.2, 0.25) is 0 Å². The number of piperidine rings is 1. The fraction of sp³-hybridized carbons (Fsp3) is 1.00. The molecular weight excluding hydrogens is 202 g/mol. The molecule has 1 fully saturated rings. The Morgan fingerprint density at radius 2 is 2.21 bits per heavy atom. The van der Waals surface area contributed by atoms with Crippen molar-refractivity contribution < 1.29 is 9.84 Å². The van der Waals surface area contributed by atoms with Gasteiger partial charge in [0.1, 0.15) is 0 Å². The fourth-order valence-corrected chi connectivity index (χ4v) is 2.01. The van der Waals surface area contributed by atoms with Crippen molar-refractivity contribution in [3.05, 3.63) is 0 Å². The van der Waals surface area contributed by atoms with Crippen LogP contribution in [0.1, 0.15) is 19.3 Å². The lowest BCUT2D eigenvalue weighted by Gasteiger charge is -2.34. The van der Waals surface area contributed by atoms with Crippen LogP contribution in [0.3, 0.4) is 0 Å². The van der Waals surface area contributed by atoms with E-state index >= 15 is 0 Å². The molecule has 0 aromatic carbocycles. The van der Waals surface area contributed by atoms with E-state index in [0.29, 0.717) is 18.5 Å². The van der Waals surface area contributed by atoms with Gasteiger partial charge in [0, 0.05) is 18.5 Å². The van der Waals surface area contributed by atoms with Crippen LogP contribution in [0.15, 0.2) is 0 Å². The molecule has 4 heteroatoms. The van der Waals surface area contributed by atoms with Gasteiger partial charge < -0.3 is 9.84 Å². The molecule has 0 amide bonds. The molecule has 1 atom stereocenters. The number of ether oxygens (including phenoxy) is 1. The predicted molar refractivity (Wildman–Crippen MR) is 57.8 cm³/mol. The summed E-state index contributed by atoms with van der Waals surface area (Å²) in [7, 11) is 0. The molecule has 1 aliphatic heterocycles. The highest BCUT2D eigenvalue weighted by Crippen LogP contribution is 2.15. The minimum Gasteiger partial charge on any atom is -0.395 e. The van der Waals surface area contributed by atoms with Crippen molar-refractivity contribution in [3.63, 3.8) is 0 Å². The number of likely N-dealkylation sites (tertiary alicyclic amines) is 1. The lowest BCUT2D eigenvalue weighted by Crippen LogP contribution is -2.43. The molecule has 0 aromatic heterocycles. The van der Waals surface area contributed by atoms with Crippen molar-refractivity contribution in [2.24, 2.45) is 0 Å². The van der Waals surface area contributed by atoms with E-state index in [9.17, 15) is 0 Å². The second-order valence-electron chi connectivity index (χ2n) is 3.67. The molecule has 3 nitrogen and oxygen atoms in total. The van der Waals surface area contributed by atoms with Crippen LogP contribution in [0.5, 0.6) is 0 Å². The number of rotatable bonds is 6. The number of aliphatic hydroxyl groups excluding tert-OH is 1. The summed E-state index contributed by atoms with van der Waals surface area (Å²) >= 11 is 5.50. The third-order valence-electron chi connectivity index (χ3n) is 2.70. The molecule has 0 radical (unpaired) electrons. The summed E-state index contributed by atoms with van der Waals surface area (Å²) in [5, 5.41) is 9.16. The number of hydrogen-bond donors (Lipinski definition) is 1. The molecule has 1 rings (SSSR count). The van der Waals surface area contributed by atoms with Gasteiger partial charge in [0.15, 0.2) is 0 Å². The standard InChI is InChI=1S/C10H20ClNO2/c11-4-7-14-8-6-12-5-2-1-3-10(12)9-13/h10,13H,1-9H2. The molecule has 0 aliphatic carbocycles. The molecule has 1 unspecified atom stereocenters.